The number of hydrogen-bond acceptors (Lipinski definition) is 4. The van der Waals surface area contributed by atoms with Crippen molar-refractivity contribution in [3.8, 4) is 11.5 Å². The van der Waals surface area contributed by atoms with E-state index in [1.807, 2.05) is 22.6 Å². The molecule has 5 heteroatoms. The van der Waals surface area contributed by atoms with Crippen molar-refractivity contribution < 1.29 is 19.4 Å². The maximum absolute atomic E-state index is 10.9. The SMILES string of the molecule is COC(=O)C=Cc1ccc(OC)c(O)c1I. The average molecular weight is 334 g/mol. The molecule has 4 nitrogen and oxygen atoms in total. The molecule has 0 bridgehead atoms. The normalized spacial score (nSPS) is 10.4. The molecule has 0 spiro atoms. The van der Waals surface area contributed by atoms with E-state index in [0.29, 0.717) is 9.32 Å². The van der Waals surface area contributed by atoms with Gasteiger partial charge in [0, 0.05) is 6.08 Å². The molecular weight excluding hydrogens is 323 g/mol. The number of ether oxygens (including phenoxy) is 2. The van der Waals surface area contributed by atoms with Gasteiger partial charge in [0.25, 0.3) is 0 Å². The van der Waals surface area contributed by atoms with Gasteiger partial charge in [0.05, 0.1) is 17.8 Å². The minimum Gasteiger partial charge on any atom is -0.504 e. The van der Waals surface area contributed by atoms with Crippen molar-refractivity contribution in [2.45, 2.75) is 0 Å². The molecule has 1 N–H and O–H groups in total. The zero-order chi connectivity index (χ0) is 12.1. The van der Waals surface area contributed by atoms with E-state index in [0.717, 1.165) is 5.56 Å². The molecule has 0 aliphatic rings. The van der Waals surface area contributed by atoms with Crippen molar-refractivity contribution in [1.82, 2.24) is 0 Å². The zero-order valence-electron chi connectivity index (χ0n) is 8.86. The van der Waals surface area contributed by atoms with Crippen LogP contribution in [0.1, 0.15) is 5.56 Å². The molecule has 0 fully saturated rings. The summed E-state index contributed by atoms with van der Waals surface area (Å²) >= 11 is 1.98. The number of rotatable bonds is 3. The Morgan fingerprint density at radius 1 is 1.44 bits per heavy atom. The number of esters is 1. The lowest BCUT2D eigenvalue weighted by molar-refractivity contribution is -0.134. The van der Waals surface area contributed by atoms with Crippen LogP contribution in [-0.4, -0.2) is 25.3 Å². The van der Waals surface area contributed by atoms with E-state index in [1.54, 1.807) is 18.2 Å². The standard InChI is InChI=1S/C11H11IO4/c1-15-8-5-3-7(10(12)11(8)14)4-6-9(13)16-2/h3-6,14H,1-2H3. The van der Waals surface area contributed by atoms with Gasteiger partial charge in [0.1, 0.15) is 0 Å². The molecule has 0 radical (unpaired) electrons. The molecule has 0 saturated carbocycles. The third kappa shape index (κ3) is 2.88. The maximum Gasteiger partial charge on any atom is 0.330 e. The first-order chi connectivity index (χ1) is 7.60. The summed E-state index contributed by atoms with van der Waals surface area (Å²) in [5.41, 5.74) is 0.726. The van der Waals surface area contributed by atoms with E-state index < -0.39 is 5.97 Å². The van der Waals surface area contributed by atoms with E-state index in [9.17, 15) is 9.90 Å². The van der Waals surface area contributed by atoms with Gasteiger partial charge in [-0.25, -0.2) is 4.79 Å². The fraction of sp³-hybridized carbons (Fsp3) is 0.182. The van der Waals surface area contributed by atoms with Gasteiger partial charge < -0.3 is 14.6 Å². The fourth-order valence-electron chi connectivity index (χ4n) is 1.08. The molecule has 1 aromatic rings. The number of benzene rings is 1. The Bertz CT molecular complexity index is 426. The number of phenolic OH excluding ortho intramolecular Hbond substituents is 1. The second-order valence-corrected chi connectivity index (χ2v) is 3.95. The molecular formula is C11H11IO4. The monoisotopic (exact) mass is 334 g/mol. The van der Waals surface area contributed by atoms with Crippen LogP contribution in [0, 0.1) is 3.57 Å². The lowest BCUT2D eigenvalue weighted by Gasteiger charge is -2.06. The largest absolute Gasteiger partial charge is 0.504 e. The number of hydrogen-bond donors (Lipinski definition) is 1. The third-order valence-corrected chi connectivity index (χ3v) is 3.06. The molecule has 0 amide bonds. The Hall–Kier alpha value is -1.24. The minimum atomic E-state index is -0.439. The van der Waals surface area contributed by atoms with E-state index in [-0.39, 0.29) is 5.75 Å². The first kappa shape index (κ1) is 12.8. The highest BCUT2D eigenvalue weighted by Gasteiger charge is 2.08. The summed E-state index contributed by atoms with van der Waals surface area (Å²) < 4.78 is 10.1. The molecule has 0 heterocycles. The number of methoxy groups -OCH3 is 2. The predicted octanol–water partition coefficient (Wildman–Crippen LogP) is 2.19. The second-order valence-electron chi connectivity index (χ2n) is 2.88. The molecule has 1 rings (SSSR count). The summed E-state index contributed by atoms with van der Waals surface area (Å²) in [7, 11) is 2.79. The molecule has 0 atom stereocenters. The highest BCUT2D eigenvalue weighted by atomic mass is 127. The summed E-state index contributed by atoms with van der Waals surface area (Å²) in [6.45, 7) is 0. The Kier molecular flexibility index (Phi) is 4.60. The highest BCUT2D eigenvalue weighted by molar-refractivity contribution is 14.1. The smallest absolute Gasteiger partial charge is 0.330 e. The van der Waals surface area contributed by atoms with Gasteiger partial charge in [-0.3, -0.25) is 0 Å². The van der Waals surface area contributed by atoms with Crippen LogP contribution in [0.5, 0.6) is 11.5 Å². The van der Waals surface area contributed by atoms with Crippen LogP contribution < -0.4 is 4.74 Å². The van der Waals surface area contributed by atoms with Crippen LogP contribution in [0.4, 0.5) is 0 Å². The summed E-state index contributed by atoms with van der Waals surface area (Å²) in [5.74, 6) is 0.0286. The van der Waals surface area contributed by atoms with E-state index >= 15 is 0 Å². The van der Waals surface area contributed by atoms with E-state index in [1.165, 1.54) is 20.3 Å². The summed E-state index contributed by atoms with van der Waals surface area (Å²) in [4.78, 5) is 10.9. The Morgan fingerprint density at radius 2 is 2.12 bits per heavy atom. The molecule has 0 aliphatic heterocycles. The van der Waals surface area contributed by atoms with Gasteiger partial charge in [-0.15, -0.1) is 0 Å². The van der Waals surface area contributed by atoms with Gasteiger partial charge >= 0.3 is 5.97 Å². The zero-order valence-corrected chi connectivity index (χ0v) is 11.0. The first-order valence-electron chi connectivity index (χ1n) is 4.41. The average Bonchev–Trinajstić information content (AvgIpc) is 2.30. The van der Waals surface area contributed by atoms with Crippen molar-refractivity contribution in [2.24, 2.45) is 0 Å². The number of halogens is 1. The summed E-state index contributed by atoms with van der Waals surface area (Å²) in [6, 6.07) is 3.38. The van der Waals surface area contributed by atoms with Crippen molar-refractivity contribution in [2.75, 3.05) is 14.2 Å². The minimum absolute atomic E-state index is 0.0649. The number of aromatic hydroxyl groups is 1. The van der Waals surface area contributed by atoms with E-state index in [4.69, 9.17) is 4.74 Å². The lowest BCUT2D eigenvalue weighted by atomic mass is 10.2. The van der Waals surface area contributed by atoms with Crippen LogP contribution in [-0.2, 0) is 9.53 Å². The van der Waals surface area contributed by atoms with Gasteiger partial charge in [0.15, 0.2) is 11.5 Å². The molecule has 0 aromatic heterocycles. The summed E-state index contributed by atoms with van der Waals surface area (Å²) in [6.07, 6.45) is 2.87. The summed E-state index contributed by atoms with van der Waals surface area (Å²) in [5, 5.41) is 9.72. The number of carbonyl (C=O) groups excluding carboxylic acids is 1. The molecule has 86 valence electrons. The van der Waals surface area contributed by atoms with Crippen molar-refractivity contribution >= 4 is 34.6 Å². The van der Waals surface area contributed by atoms with E-state index in [2.05, 4.69) is 4.74 Å². The van der Waals surface area contributed by atoms with Crippen LogP contribution in [0.25, 0.3) is 6.08 Å². The van der Waals surface area contributed by atoms with Crippen LogP contribution >= 0.6 is 22.6 Å². The van der Waals surface area contributed by atoms with Crippen LogP contribution in [0.3, 0.4) is 0 Å². The molecule has 1 aromatic carbocycles. The first-order valence-corrected chi connectivity index (χ1v) is 5.49. The number of phenols is 1. The van der Waals surface area contributed by atoms with Crippen LogP contribution in [0.15, 0.2) is 18.2 Å². The topological polar surface area (TPSA) is 55.8 Å². The molecule has 0 aliphatic carbocycles. The Morgan fingerprint density at radius 3 is 2.69 bits per heavy atom. The lowest BCUT2D eigenvalue weighted by Crippen LogP contribution is -1.94. The quantitative estimate of drug-likeness (QED) is 0.523. The van der Waals surface area contributed by atoms with Crippen molar-refractivity contribution in [1.29, 1.82) is 0 Å². The third-order valence-electron chi connectivity index (χ3n) is 1.93. The van der Waals surface area contributed by atoms with Crippen molar-refractivity contribution in [3.63, 3.8) is 0 Å². The van der Waals surface area contributed by atoms with Gasteiger partial charge in [-0.2, -0.15) is 0 Å². The Labute approximate surface area is 107 Å². The molecule has 0 saturated heterocycles. The van der Waals surface area contributed by atoms with Crippen LogP contribution in [0.2, 0.25) is 0 Å². The van der Waals surface area contributed by atoms with Gasteiger partial charge in [-0.05, 0) is 46.4 Å². The number of carbonyl (C=O) groups is 1. The second kappa shape index (κ2) is 5.74. The highest BCUT2D eigenvalue weighted by Crippen LogP contribution is 2.33. The van der Waals surface area contributed by atoms with Crippen molar-refractivity contribution in [3.05, 3.63) is 27.3 Å². The maximum atomic E-state index is 10.9. The Balaban J connectivity index is 3.03. The molecule has 0 unspecified atom stereocenters. The van der Waals surface area contributed by atoms with Gasteiger partial charge in [0.2, 0.25) is 0 Å². The molecule has 16 heavy (non-hydrogen) atoms. The fourth-order valence-corrected chi connectivity index (χ4v) is 1.71. The van der Waals surface area contributed by atoms with Gasteiger partial charge in [-0.1, -0.05) is 0 Å². The predicted molar refractivity (Wildman–Crippen MR) is 68.4 cm³/mol.